The van der Waals surface area contributed by atoms with Crippen LogP contribution < -0.4 is 0 Å². The molecular formula is C17H19Cl2NOS. The van der Waals surface area contributed by atoms with Crippen molar-refractivity contribution < 1.29 is 4.21 Å². The van der Waals surface area contributed by atoms with E-state index in [2.05, 4.69) is 24.0 Å². The highest BCUT2D eigenvalue weighted by molar-refractivity contribution is 7.85. The third kappa shape index (κ3) is 4.56. The van der Waals surface area contributed by atoms with Gasteiger partial charge in [-0.2, -0.15) is 0 Å². The number of hydrogen-bond acceptors (Lipinski definition) is 2. The first-order valence-corrected chi connectivity index (χ1v) is 9.15. The second-order valence-electron chi connectivity index (χ2n) is 5.19. The lowest BCUT2D eigenvalue weighted by molar-refractivity contribution is 0.277. The molecule has 118 valence electrons. The fourth-order valence-corrected chi connectivity index (χ4v) is 4.00. The Labute approximate surface area is 144 Å². The Hall–Kier alpha value is -0.870. The first kappa shape index (κ1) is 17.5. The fraction of sp³-hybridized carbons (Fsp3) is 0.294. The molecule has 0 aromatic heterocycles. The van der Waals surface area contributed by atoms with Crippen LogP contribution in [0.25, 0.3) is 0 Å². The summed E-state index contributed by atoms with van der Waals surface area (Å²) in [6.07, 6.45) is 0. The average molecular weight is 356 g/mol. The molecule has 2 aromatic rings. The maximum Gasteiger partial charge on any atom is 0.0589 e. The molecule has 0 radical (unpaired) electrons. The van der Waals surface area contributed by atoms with Crippen molar-refractivity contribution in [1.29, 1.82) is 0 Å². The van der Waals surface area contributed by atoms with Crippen molar-refractivity contribution in [3.8, 4) is 0 Å². The summed E-state index contributed by atoms with van der Waals surface area (Å²) in [5, 5.41) is 1.06. The molecule has 0 amide bonds. The average Bonchev–Trinajstić information content (AvgIpc) is 2.54. The molecule has 0 aliphatic rings. The second kappa shape index (κ2) is 8.11. The number of halogens is 2. The molecule has 0 aliphatic carbocycles. The van der Waals surface area contributed by atoms with Crippen LogP contribution in [0.1, 0.15) is 18.5 Å². The summed E-state index contributed by atoms with van der Waals surface area (Å²) in [7, 11) is 0.879. The Bertz CT molecular complexity index is 648. The van der Waals surface area contributed by atoms with E-state index in [0.29, 0.717) is 27.2 Å². The van der Waals surface area contributed by atoms with Crippen LogP contribution >= 0.6 is 23.2 Å². The Morgan fingerprint density at radius 3 is 2.50 bits per heavy atom. The number of nitrogens with zero attached hydrogens (tertiary/aromatic N) is 1. The zero-order valence-corrected chi connectivity index (χ0v) is 15.0. The minimum Gasteiger partial charge on any atom is -0.299 e. The highest BCUT2D eigenvalue weighted by atomic mass is 35.5. The van der Waals surface area contributed by atoms with E-state index in [0.717, 1.165) is 0 Å². The summed E-state index contributed by atoms with van der Waals surface area (Å²) < 4.78 is 12.4. The van der Waals surface area contributed by atoms with Crippen LogP contribution in [0.5, 0.6) is 0 Å². The first-order valence-electron chi connectivity index (χ1n) is 7.07. The standard InChI is InChI=1S/C17H19Cl2NOS/c1-13(14-6-4-3-5-7-14)20(2)10-11-22(21)17-12-15(18)8-9-16(17)19/h3-9,12-13H,10-11H2,1-2H3/t13-,22-/m1/s1. The lowest BCUT2D eigenvalue weighted by atomic mass is 10.1. The molecule has 0 saturated carbocycles. The maximum absolute atomic E-state index is 12.4. The van der Waals surface area contributed by atoms with Crippen LogP contribution in [0.3, 0.4) is 0 Å². The summed E-state index contributed by atoms with van der Waals surface area (Å²) in [6.45, 7) is 2.86. The Balaban J connectivity index is 1.97. The summed E-state index contributed by atoms with van der Waals surface area (Å²) in [5.41, 5.74) is 1.25. The smallest absolute Gasteiger partial charge is 0.0589 e. The Morgan fingerprint density at radius 2 is 1.82 bits per heavy atom. The molecule has 0 N–H and O–H groups in total. The highest BCUT2D eigenvalue weighted by Crippen LogP contribution is 2.24. The van der Waals surface area contributed by atoms with Crippen molar-refractivity contribution in [3.05, 3.63) is 64.1 Å². The minimum absolute atomic E-state index is 0.271. The largest absolute Gasteiger partial charge is 0.299 e. The summed E-state index contributed by atoms with van der Waals surface area (Å²) in [5.74, 6) is 0.522. The van der Waals surface area contributed by atoms with Gasteiger partial charge in [-0.05, 0) is 37.7 Å². The summed E-state index contributed by atoms with van der Waals surface area (Å²) in [4.78, 5) is 2.79. The molecule has 0 fully saturated rings. The van der Waals surface area contributed by atoms with Crippen LogP contribution in [-0.2, 0) is 10.8 Å². The maximum atomic E-state index is 12.4. The van der Waals surface area contributed by atoms with Crippen LogP contribution in [-0.4, -0.2) is 28.5 Å². The van der Waals surface area contributed by atoms with Gasteiger partial charge in [0.05, 0.1) is 20.7 Å². The molecule has 0 aliphatic heterocycles. The van der Waals surface area contributed by atoms with Gasteiger partial charge in [0.2, 0.25) is 0 Å². The van der Waals surface area contributed by atoms with Crippen molar-refractivity contribution in [2.45, 2.75) is 17.9 Å². The van der Waals surface area contributed by atoms with Crippen molar-refractivity contribution in [3.63, 3.8) is 0 Å². The molecule has 0 heterocycles. The third-order valence-electron chi connectivity index (χ3n) is 3.71. The molecular weight excluding hydrogens is 337 g/mol. The molecule has 5 heteroatoms. The molecule has 0 saturated heterocycles. The van der Waals surface area contributed by atoms with Crippen LogP contribution in [0.2, 0.25) is 10.0 Å². The van der Waals surface area contributed by atoms with Crippen molar-refractivity contribution in [2.24, 2.45) is 0 Å². The summed E-state index contributed by atoms with van der Waals surface area (Å²) in [6, 6.07) is 15.6. The van der Waals surface area contributed by atoms with Gasteiger partial charge < -0.3 is 0 Å². The Kier molecular flexibility index (Phi) is 6.45. The van der Waals surface area contributed by atoms with Gasteiger partial charge in [-0.1, -0.05) is 53.5 Å². The monoisotopic (exact) mass is 355 g/mol. The quantitative estimate of drug-likeness (QED) is 0.741. The van der Waals surface area contributed by atoms with Gasteiger partial charge in [0, 0.05) is 23.4 Å². The van der Waals surface area contributed by atoms with E-state index in [1.54, 1.807) is 18.2 Å². The molecule has 2 nitrogen and oxygen atoms in total. The molecule has 0 unspecified atom stereocenters. The normalized spacial score (nSPS) is 14.0. The molecule has 0 bridgehead atoms. The van der Waals surface area contributed by atoms with Crippen molar-refractivity contribution in [2.75, 3.05) is 19.3 Å². The van der Waals surface area contributed by atoms with E-state index in [9.17, 15) is 4.21 Å². The van der Waals surface area contributed by atoms with Gasteiger partial charge in [-0.15, -0.1) is 0 Å². The third-order valence-corrected chi connectivity index (χ3v) is 5.77. The lowest BCUT2D eigenvalue weighted by Crippen LogP contribution is -2.27. The zero-order valence-electron chi connectivity index (χ0n) is 12.6. The molecule has 2 rings (SSSR count). The van der Waals surface area contributed by atoms with Crippen LogP contribution in [0.15, 0.2) is 53.4 Å². The van der Waals surface area contributed by atoms with E-state index in [1.807, 2.05) is 25.2 Å². The van der Waals surface area contributed by atoms with Gasteiger partial charge in [0.15, 0.2) is 0 Å². The SMILES string of the molecule is C[C@H](c1ccccc1)N(C)CC[S@@](=O)c1cc(Cl)ccc1Cl. The molecule has 2 aromatic carbocycles. The van der Waals surface area contributed by atoms with E-state index in [1.165, 1.54) is 5.56 Å². The Morgan fingerprint density at radius 1 is 1.14 bits per heavy atom. The molecule has 0 spiro atoms. The van der Waals surface area contributed by atoms with E-state index < -0.39 is 10.8 Å². The van der Waals surface area contributed by atoms with Crippen LogP contribution in [0.4, 0.5) is 0 Å². The van der Waals surface area contributed by atoms with E-state index in [4.69, 9.17) is 23.2 Å². The van der Waals surface area contributed by atoms with Gasteiger partial charge >= 0.3 is 0 Å². The van der Waals surface area contributed by atoms with E-state index >= 15 is 0 Å². The van der Waals surface area contributed by atoms with E-state index in [-0.39, 0.29) is 6.04 Å². The zero-order chi connectivity index (χ0) is 16.1. The summed E-state index contributed by atoms with van der Waals surface area (Å²) >= 11 is 12.1. The van der Waals surface area contributed by atoms with Gasteiger partial charge in [0.1, 0.15) is 0 Å². The fourth-order valence-electron chi connectivity index (χ4n) is 2.17. The molecule has 22 heavy (non-hydrogen) atoms. The second-order valence-corrected chi connectivity index (χ2v) is 7.57. The predicted octanol–water partition coefficient (Wildman–Crippen LogP) is 4.79. The predicted molar refractivity (Wildman–Crippen MR) is 95.2 cm³/mol. The number of hydrogen-bond donors (Lipinski definition) is 0. The lowest BCUT2D eigenvalue weighted by Gasteiger charge is -2.24. The highest BCUT2D eigenvalue weighted by Gasteiger charge is 2.14. The van der Waals surface area contributed by atoms with Crippen LogP contribution in [0, 0.1) is 0 Å². The van der Waals surface area contributed by atoms with Crippen molar-refractivity contribution >= 4 is 34.0 Å². The number of benzene rings is 2. The van der Waals surface area contributed by atoms with Gasteiger partial charge in [-0.25, -0.2) is 0 Å². The number of rotatable bonds is 6. The molecule has 2 atom stereocenters. The first-order chi connectivity index (χ1) is 10.5. The van der Waals surface area contributed by atoms with Gasteiger partial charge in [0.25, 0.3) is 0 Å². The van der Waals surface area contributed by atoms with Gasteiger partial charge in [-0.3, -0.25) is 9.11 Å². The minimum atomic E-state index is -1.16. The van der Waals surface area contributed by atoms with Crippen molar-refractivity contribution in [1.82, 2.24) is 4.90 Å². The topological polar surface area (TPSA) is 20.3 Å².